The molecule has 18 heavy (non-hydrogen) atoms. The topological polar surface area (TPSA) is 69.6 Å². The molecule has 5 heteroatoms. The van der Waals surface area contributed by atoms with Gasteiger partial charge in [-0.2, -0.15) is 0 Å². The van der Waals surface area contributed by atoms with E-state index >= 15 is 0 Å². The lowest BCUT2D eigenvalue weighted by Crippen LogP contribution is -2.49. The number of nitrogens with one attached hydrogen (secondary N) is 1. The number of hydrogen-bond acceptors (Lipinski definition) is 3. The smallest absolute Gasteiger partial charge is 0.326 e. The van der Waals surface area contributed by atoms with Crippen LogP contribution in [0.2, 0.25) is 0 Å². The van der Waals surface area contributed by atoms with Crippen molar-refractivity contribution in [3.8, 4) is 0 Å². The van der Waals surface area contributed by atoms with Crippen LogP contribution in [0.3, 0.4) is 0 Å². The molecule has 2 heterocycles. The number of likely N-dealkylation sites (tertiary alicyclic amines) is 1. The van der Waals surface area contributed by atoms with Gasteiger partial charge in [-0.05, 0) is 32.2 Å². The third-order valence-corrected chi connectivity index (χ3v) is 4.22. The molecule has 0 saturated carbocycles. The molecule has 2 fully saturated rings. The summed E-state index contributed by atoms with van der Waals surface area (Å²) in [6.07, 6.45) is 4.04. The molecule has 2 rings (SSSR count). The van der Waals surface area contributed by atoms with Gasteiger partial charge >= 0.3 is 5.97 Å². The van der Waals surface area contributed by atoms with Crippen molar-refractivity contribution >= 4 is 11.9 Å². The molecule has 2 aliphatic rings. The summed E-state index contributed by atoms with van der Waals surface area (Å²) in [5.41, 5.74) is -0.354. The van der Waals surface area contributed by atoms with Gasteiger partial charge in [0, 0.05) is 13.1 Å². The molecule has 2 atom stereocenters. The fourth-order valence-corrected chi connectivity index (χ4v) is 3.30. The molecule has 2 aliphatic heterocycles. The molecule has 0 bridgehead atoms. The Kier molecular flexibility index (Phi) is 3.90. The van der Waals surface area contributed by atoms with E-state index in [4.69, 9.17) is 0 Å². The maximum Gasteiger partial charge on any atom is 0.326 e. The Morgan fingerprint density at radius 2 is 2.28 bits per heavy atom. The van der Waals surface area contributed by atoms with Crippen LogP contribution in [0.25, 0.3) is 0 Å². The number of carboxylic acids is 1. The zero-order chi connectivity index (χ0) is 13.2. The molecule has 5 nitrogen and oxygen atoms in total. The molecule has 2 N–H and O–H groups in total. The Morgan fingerprint density at radius 3 is 2.83 bits per heavy atom. The molecule has 0 aliphatic carbocycles. The first kappa shape index (κ1) is 13.3. The predicted molar refractivity (Wildman–Crippen MR) is 67.2 cm³/mol. The highest BCUT2D eigenvalue weighted by atomic mass is 16.4. The maximum atomic E-state index is 12.7. The maximum absolute atomic E-state index is 12.7. The molecule has 0 aromatic rings. The molecule has 0 aromatic heterocycles. The standard InChI is InChI=1S/C13H22N2O3/c1-2-5-13(6-7-14-9-13)12(18)15-8-3-4-10(15)11(16)17/h10,14H,2-9H2,1H3,(H,16,17). The van der Waals surface area contributed by atoms with Gasteiger partial charge < -0.3 is 15.3 Å². The van der Waals surface area contributed by atoms with E-state index in [0.29, 0.717) is 19.5 Å². The van der Waals surface area contributed by atoms with E-state index in [1.54, 1.807) is 4.90 Å². The van der Waals surface area contributed by atoms with Crippen LogP contribution in [0, 0.1) is 5.41 Å². The molecule has 0 spiro atoms. The predicted octanol–water partition coefficient (Wildman–Crippen LogP) is 0.842. The first-order valence-electron chi connectivity index (χ1n) is 6.85. The van der Waals surface area contributed by atoms with Crippen LogP contribution < -0.4 is 5.32 Å². The van der Waals surface area contributed by atoms with Crippen LogP contribution in [0.4, 0.5) is 0 Å². The Morgan fingerprint density at radius 1 is 1.50 bits per heavy atom. The summed E-state index contributed by atoms with van der Waals surface area (Å²) < 4.78 is 0. The first-order valence-corrected chi connectivity index (χ1v) is 6.85. The van der Waals surface area contributed by atoms with Gasteiger partial charge in [0.25, 0.3) is 0 Å². The number of carbonyl (C=O) groups excluding carboxylic acids is 1. The molecule has 1 amide bonds. The number of carbonyl (C=O) groups is 2. The monoisotopic (exact) mass is 254 g/mol. The highest BCUT2D eigenvalue weighted by Crippen LogP contribution is 2.35. The van der Waals surface area contributed by atoms with Crippen molar-refractivity contribution in [1.82, 2.24) is 10.2 Å². The SMILES string of the molecule is CCCC1(C(=O)N2CCCC2C(=O)O)CCNC1. The van der Waals surface area contributed by atoms with Crippen molar-refractivity contribution in [2.75, 3.05) is 19.6 Å². The number of carboxylic acid groups (broad SMARTS) is 1. The van der Waals surface area contributed by atoms with Crippen molar-refractivity contribution in [2.24, 2.45) is 5.41 Å². The average molecular weight is 254 g/mol. The van der Waals surface area contributed by atoms with E-state index in [9.17, 15) is 14.7 Å². The highest BCUT2D eigenvalue weighted by molar-refractivity contribution is 5.88. The summed E-state index contributed by atoms with van der Waals surface area (Å²) in [6, 6.07) is -0.605. The summed E-state index contributed by atoms with van der Waals surface area (Å²) in [7, 11) is 0. The lowest BCUT2D eigenvalue weighted by Gasteiger charge is -2.33. The lowest BCUT2D eigenvalue weighted by atomic mass is 9.81. The summed E-state index contributed by atoms with van der Waals surface area (Å²) in [4.78, 5) is 25.5. The van der Waals surface area contributed by atoms with Gasteiger partial charge in [-0.25, -0.2) is 4.79 Å². The van der Waals surface area contributed by atoms with Gasteiger partial charge in [-0.15, -0.1) is 0 Å². The number of rotatable bonds is 4. The average Bonchev–Trinajstić information content (AvgIpc) is 2.97. The highest BCUT2D eigenvalue weighted by Gasteiger charge is 2.46. The van der Waals surface area contributed by atoms with Gasteiger partial charge in [0.2, 0.25) is 5.91 Å². The normalized spacial score (nSPS) is 31.8. The van der Waals surface area contributed by atoms with E-state index in [1.165, 1.54) is 0 Å². The van der Waals surface area contributed by atoms with E-state index in [0.717, 1.165) is 32.2 Å². The zero-order valence-corrected chi connectivity index (χ0v) is 10.9. The van der Waals surface area contributed by atoms with Crippen molar-refractivity contribution in [2.45, 2.75) is 45.1 Å². The molecular formula is C13H22N2O3. The summed E-state index contributed by atoms with van der Waals surface area (Å²) in [5.74, 6) is -0.808. The fourth-order valence-electron chi connectivity index (χ4n) is 3.30. The van der Waals surface area contributed by atoms with Crippen molar-refractivity contribution < 1.29 is 14.7 Å². The number of aliphatic carboxylic acids is 1. The van der Waals surface area contributed by atoms with Gasteiger partial charge in [-0.3, -0.25) is 4.79 Å². The summed E-state index contributed by atoms with van der Waals surface area (Å²) in [6.45, 7) is 4.23. The number of nitrogens with zero attached hydrogens (tertiary/aromatic N) is 1. The van der Waals surface area contributed by atoms with Gasteiger partial charge in [0.1, 0.15) is 6.04 Å². The summed E-state index contributed by atoms with van der Waals surface area (Å²) >= 11 is 0. The van der Waals surface area contributed by atoms with Gasteiger partial charge in [-0.1, -0.05) is 13.3 Å². The van der Waals surface area contributed by atoms with Gasteiger partial charge in [0.05, 0.1) is 5.41 Å². The van der Waals surface area contributed by atoms with Crippen LogP contribution in [0.5, 0.6) is 0 Å². The molecular weight excluding hydrogens is 232 g/mol. The van der Waals surface area contributed by atoms with Crippen molar-refractivity contribution in [3.05, 3.63) is 0 Å². The van der Waals surface area contributed by atoms with E-state index in [2.05, 4.69) is 12.2 Å². The van der Waals surface area contributed by atoms with Crippen molar-refractivity contribution in [1.29, 1.82) is 0 Å². The Labute approximate surface area is 108 Å². The minimum Gasteiger partial charge on any atom is -0.480 e. The molecule has 2 saturated heterocycles. The lowest BCUT2D eigenvalue weighted by molar-refractivity contribution is -0.152. The van der Waals surface area contributed by atoms with Crippen LogP contribution in [0.15, 0.2) is 0 Å². The Bertz CT molecular complexity index is 337. The minimum absolute atomic E-state index is 0.0549. The van der Waals surface area contributed by atoms with Gasteiger partial charge in [0.15, 0.2) is 0 Å². The Balaban J connectivity index is 2.15. The second-order valence-corrected chi connectivity index (χ2v) is 5.45. The number of hydrogen-bond donors (Lipinski definition) is 2. The molecule has 2 unspecified atom stereocenters. The first-order chi connectivity index (χ1) is 8.60. The Hall–Kier alpha value is -1.10. The third-order valence-electron chi connectivity index (χ3n) is 4.22. The van der Waals surface area contributed by atoms with Crippen LogP contribution in [-0.4, -0.2) is 47.6 Å². The third kappa shape index (κ3) is 2.23. The fraction of sp³-hybridized carbons (Fsp3) is 0.846. The molecule has 0 aromatic carbocycles. The van der Waals surface area contributed by atoms with E-state index in [-0.39, 0.29) is 11.3 Å². The van der Waals surface area contributed by atoms with E-state index in [1.807, 2.05) is 0 Å². The second kappa shape index (κ2) is 5.26. The number of amides is 1. The minimum atomic E-state index is -0.863. The van der Waals surface area contributed by atoms with Crippen LogP contribution >= 0.6 is 0 Å². The molecule has 0 radical (unpaired) electrons. The van der Waals surface area contributed by atoms with Crippen LogP contribution in [-0.2, 0) is 9.59 Å². The van der Waals surface area contributed by atoms with E-state index < -0.39 is 12.0 Å². The van der Waals surface area contributed by atoms with Crippen LogP contribution in [0.1, 0.15) is 39.0 Å². The second-order valence-electron chi connectivity index (χ2n) is 5.45. The quantitative estimate of drug-likeness (QED) is 0.780. The van der Waals surface area contributed by atoms with Crippen molar-refractivity contribution in [3.63, 3.8) is 0 Å². The molecule has 102 valence electrons. The largest absolute Gasteiger partial charge is 0.480 e. The zero-order valence-electron chi connectivity index (χ0n) is 10.9. The summed E-state index contributed by atoms with van der Waals surface area (Å²) in [5, 5.41) is 12.4.